The van der Waals surface area contributed by atoms with Crippen LogP contribution in [0.2, 0.25) is 0 Å². The van der Waals surface area contributed by atoms with Gasteiger partial charge in [0.25, 0.3) is 11.7 Å². The number of methoxy groups -OCH3 is 1. The summed E-state index contributed by atoms with van der Waals surface area (Å²) in [5.41, 5.74) is 3.76. The van der Waals surface area contributed by atoms with Crippen LogP contribution in [-0.4, -0.2) is 23.8 Å². The topological polar surface area (TPSA) is 80.4 Å². The summed E-state index contributed by atoms with van der Waals surface area (Å²) in [6.45, 7) is 2.41. The standard InChI is InChI=1S/C26H24N2O4/c1-17-24(20-10-6-7-11-21(20)28-17)25(29)26(30)27-15-19-12-13-22(23(14-19)31-2)32-16-18-8-4-3-5-9-18/h3-14,28H,15-16H2,1-2H3,(H,27,30). The second-order valence-corrected chi connectivity index (χ2v) is 7.44. The maximum Gasteiger partial charge on any atom is 0.292 e. The summed E-state index contributed by atoms with van der Waals surface area (Å²) in [6, 6.07) is 22.7. The van der Waals surface area contributed by atoms with E-state index in [-0.39, 0.29) is 6.54 Å². The van der Waals surface area contributed by atoms with E-state index < -0.39 is 11.7 Å². The first kappa shape index (κ1) is 21.2. The number of aromatic amines is 1. The number of ether oxygens (including phenoxy) is 2. The van der Waals surface area contributed by atoms with Crippen LogP contribution in [0.15, 0.2) is 72.8 Å². The van der Waals surface area contributed by atoms with Crippen molar-refractivity contribution in [3.05, 3.63) is 95.2 Å². The van der Waals surface area contributed by atoms with Gasteiger partial charge in [-0.15, -0.1) is 0 Å². The molecule has 0 saturated heterocycles. The number of ketones is 1. The van der Waals surface area contributed by atoms with Crippen LogP contribution in [0.4, 0.5) is 0 Å². The molecule has 3 aromatic carbocycles. The van der Waals surface area contributed by atoms with E-state index in [0.717, 1.165) is 22.0 Å². The highest BCUT2D eigenvalue weighted by Gasteiger charge is 2.22. The lowest BCUT2D eigenvalue weighted by molar-refractivity contribution is -0.117. The van der Waals surface area contributed by atoms with Gasteiger partial charge in [-0.3, -0.25) is 9.59 Å². The lowest BCUT2D eigenvalue weighted by atomic mass is 10.1. The molecule has 0 radical (unpaired) electrons. The van der Waals surface area contributed by atoms with Crippen molar-refractivity contribution >= 4 is 22.6 Å². The summed E-state index contributed by atoms with van der Waals surface area (Å²) >= 11 is 0. The van der Waals surface area contributed by atoms with E-state index in [1.807, 2.05) is 60.7 Å². The van der Waals surface area contributed by atoms with Crippen molar-refractivity contribution < 1.29 is 19.1 Å². The molecule has 0 aliphatic rings. The normalized spacial score (nSPS) is 10.7. The molecule has 6 nitrogen and oxygen atoms in total. The molecule has 32 heavy (non-hydrogen) atoms. The predicted molar refractivity (Wildman–Crippen MR) is 123 cm³/mol. The number of fused-ring (bicyclic) bond motifs is 1. The second-order valence-electron chi connectivity index (χ2n) is 7.44. The van der Waals surface area contributed by atoms with Crippen LogP contribution in [0.1, 0.15) is 27.2 Å². The monoisotopic (exact) mass is 428 g/mol. The van der Waals surface area contributed by atoms with Gasteiger partial charge in [-0.05, 0) is 36.2 Å². The Hall–Kier alpha value is -4.06. The van der Waals surface area contributed by atoms with Gasteiger partial charge in [-0.1, -0.05) is 54.6 Å². The molecule has 162 valence electrons. The summed E-state index contributed by atoms with van der Waals surface area (Å²) in [6.07, 6.45) is 0. The summed E-state index contributed by atoms with van der Waals surface area (Å²) in [7, 11) is 1.57. The highest BCUT2D eigenvalue weighted by atomic mass is 16.5. The highest BCUT2D eigenvalue weighted by molar-refractivity contribution is 6.45. The molecule has 1 heterocycles. The molecule has 1 amide bonds. The highest BCUT2D eigenvalue weighted by Crippen LogP contribution is 2.29. The number of hydrogen-bond acceptors (Lipinski definition) is 4. The first-order valence-corrected chi connectivity index (χ1v) is 10.3. The Morgan fingerprint density at radius 3 is 2.44 bits per heavy atom. The van der Waals surface area contributed by atoms with E-state index >= 15 is 0 Å². The number of carbonyl (C=O) groups is 2. The Morgan fingerprint density at radius 2 is 1.66 bits per heavy atom. The zero-order chi connectivity index (χ0) is 22.5. The molecule has 2 N–H and O–H groups in total. The lowest BCUT2D eigenvalue weighted by Crippen LogP contribution is -2.30. The van der Waals surface area contributed by atoms with Gasteiger partial charge in [0, 0.05) is 23.1 Å². The molecule has 0 aliphatic heterocycles. The van der Waals surface area contributed by atoms with Gasteiger partial charge in [0.15, 0.2) is 11.5 Å². The number of aryl methyl sites for hydroxylation is 1. The fourth-order valence-electron chi connectivity index (χ4n) is 3.62. The Kier molecular flexibility index (Phi) is 6.22. The molecule has 0 unspecified atom stereocenters. The zero-order valence-corrected chi connectivity index (χ0v) is 18.0. The third-order valence-corrected chi connectivity index (χ3v) is 5.25. The first-order valence-electron chi connectivity index (χ1n) is 10.3. The summed E-state index contributed by atoms with van der Waals surface area (Å²) in [5, 5.41) is 3.45. The van der Waals surface area contributed by atoms with Crippen molar-refractivity contribution in [2.75, 3.05) is 7.11 Å². The average Bonchev–Trinajstić information content (AvgIpc) is 3.17. The maximum atomic E-state index is 12.8. The SMILES string of the molecule is COc1cc(CNC(=O)C(=O)c2c(C)[nH]c3ccccc23)ccc1OCc1ccccc1. The van der Waals surface area contributed by atoms with Gasteiger partial charge in [-0.2, -0.15) is 0 Å². The zero-order valence-electron chi connectivity index (χ0n) is 18.0. The molecule has 0 saturated carbocycles. The van der Waals surface area contributed by atoms with Gasteiger partial charge in [0.1, 0.15) is 6.61 Å². The number of Topliss-reactive ketones (excluding diaryl/α,β-unsaturated/α-hetero) is 1. The third-order valence-electron chi connectivity index (χ3n) is 5.25. The second kappa shape index (κ2) is 9.39. The number of hydrogen-bond donors (Lipinski definition) is 2. The van der Waals surface area contributed by atoms with Crippen molar-refractivity contribution in [3.8, 4) is 11.5 Å². The molecule has 1 aromatic heterocycles. The largest absolute Gasteiger partial charge is 0.493 e. The fraction of sp³-hybridized carbons (Fsp3) is 0.154. The first-order chi connectivity index (χ1) is 15.6. The quantitative estimate of drug-likeness (QED) is 0.318. The van der Waals surface area contributed by atoms with Crippen LogP contribution in [0, 0.1) is 6.92 Å². The van der Waals surface area contributed by atoms with Gasteiger partial charge in [0.2, 0.25) is 0 Å². The van der Waals surface area contributed by atoms with Gasteiger partial charge in [0.05, 0.1) is 12.7 Å². The van der Waals surface area contributed by atoms with Crippen LogP contribution >= 0.6 is 0 Å². The molecule has 0 spiro atoms. The third kappa shape index (κ3) is 4.49. The maximum absolute atomic E-state index is 12.8. The Labute approximate surface area is 186 Å². The molecule has 6 heteroatoms. The molecule has 0 fully saturated rings. The number of carbonyl (C=O) groups excluding carboxylic acids is 2. The number of H-pyrrole nitrogens is 1. The van der Waals surface area contributed by atoms with Crippen molar-refractivity contribution in [3.63, 3.8) is 0 Å². The minimum absolute atomic E-state index is 0.196. The number of benzene rings is 3. The van der Waals surface area contributed by atoms with E-state index in [1.54, 1.807) is 26.2 Å². The van der Waals surface area contributed by atoms with E-state index in [9.17, 15) is 9.59 Å². The molecular weight excluding hydrogens is 404 g/mol. The van der Waals surface area contributed by atoms with E-state index in [4.69, 9.17) is 9.47 Å². The predicted octanol–water partition coefficient (Wildman–Crippen LogP) is 4.56. The van der Waals surface area contributed by atoms with Crippen LogP contribution in [0.5, 0.6) is 11.5 Å². The lowest BCUT2D eigenvalue weighted by Gasteiger charge is -2.13. The summed E-state index contributed by atoms with van der Waals surface area (Å²) < 4.78 is 11.3. The van der Waals surface area contributed by atoms with Crippen LogP contribution in [-0.2, 0) is 17.9 Å². The smallest absolute Gasteiger partial charge is 0.292 e. The number of amides is 1. The van der Waals surface area contributed by atoms with Crippen molar-refractivity contribution in [1.82, 2.24) is 10.3 Å². The van der Waals surface area contributed by atoms with E-state index in [0.29, 0.717) is 29.4 Å². The van der Waals surface area contributed by atoms with Crippen LogP contribution in [0.3, 0.4) is 0 Å². The molecule has 4 rings (SSSR count). The number of rotatable bonds is 8. The van der Waals surface area contributed by atoms with Crippen LogP contribution in [0.25, 0.3) is 10.9 Å². The average molecular weight is 428 g/mol. The Bertz CT molecular complexity index is 1260. The van der Waals surface area contributed by atoms with Crippen molar-refractivity contribution in [1.29, 1.82) is 0 Å². The van der Waals surface area contributed by atoms with Gasteiger partial charge < -0.3 is 19.8 Å². The molecule has 0 bridgehead atoms. The Morgan fingerprint density at radius 1 is 0.906 bits per heavy atom. The summed E-state index contributed by atoms with van der Waals surface area (Å²) in [4.78, 5) is 28.5. The molecule has 4 aromatic rings. The number of nitrogens with one attached hydrogen (secondary N) is 2. The van der Waals surface area contributed by atoms with Crippen LogP contribution < -0.4 is 14.8 Å². The van der Waals surface area contributed by atoms with Crippen molar-refractivity contribution in [2.45, 2.75) is 20.1 Å². The van der Waals surface area contributed by atoms with E-state index in [1.165, 1.54) is 0 Å². The minimum atomic E-state index is -0.652. The Balaban J connectivity index is 1.42. The summed E-state index contributed by atoms with van der Waals surface area (Å²) in [5.74, 6) is -0.0423. The minimum Gasteiger partial charge on any atom is -0.493 e. The molecule has 0 atom stereocenters. The van der Waals surface area contributed by atoms with Gasteiger partial charge >= 0.3 is 0 Å². The fourth-order valence-corrected chi connectivity index (χ4v) is 3.62. The molecular formula is C26H24N2O4. The molecule has 0 aliphatic carbocycles. The van der Waals surface area contributed by atoms with Crippen molar-refractivity contribution in [2.24, 2.45) is 0 Å². The number of aromatic nitrogens is 1. The van der Waals surface area contributed by atoms with E-state index in [2.05, 4.69) is 10.3 Å². The van der Waals surface area contributed by atoms with Gasteiger partial charge in [-0.25, -0.2) is 0 Å². The number of para-hydroxylation sites is 1.